The van der Waals surface area contributed by atoms with Crippen LogP contribution in [0.4, 0.5) is 0 Å². The molecule has 1 rings (SSSR count). The minimum atomic E-state index is -0.569. The number of aliphatic hydroxyl groups excluding tert-OH is 1. The number of esters is 4. The van der Waals surface area contributed by atoms with Gasteiger partial charge in [0.15, 0.2) is 5.79 Å². The van der Waals surface area contributed by atoms with E-state index in [1.807, 2.05) is 34.6 Å². The van der Waals surface area contributed by atoms with Gasteiger partial charge in [0.05, 0.1) is 20.3 Å². The molecule has 0 bridgehead atoms. The van der Waals surface area contributed by atoms with E-state index in [1.54, 1.807) is 20.8 Å². The SMILES string of the molecule is C=C(C)C(=O)OC.C=C(C)C(=O)OCC1COC(C)(C)O1.C=C(C)C(=O)OCCO.C=CC(=O)OC(C)(C)C. The first-order valence-corrected chi connectivity index (χ1v) is 11.9. The van der Waals surface area contributed by atoms with Gasteiger partial charge in [0.1, 0.15) is 24.9 Å². The third-order valence-corrected chi connectivity index (χ3v) is 3.60. The minimum Gasteiger partial charge on any atom is -0.466 e. The van der Waals surface area contributed by atoms with E-state index in [0.29, 0.717) is 23.3 Å². The Hall–Kier alpha value is -3.28. The van der Waals surface area contributed by atoms with E-state index >= 15 is 0 Å². The van der Waals surface area contributed by atoms with E-state index < -0.39 is 23.3 Å². The van der Waals surface area contributed by atoms with Crippen molar-refractivity contribution in [2.45, 2.75) is 72.9 Å². The van der Waals surface area contributed by atoms with Crippen LogP contribution in [0.25, 0.3) is 0 Å². The summed E-state index contributed by atoms with van der Waals surface area (Å²) in [6.07, 6.45) is 0.985. The molecule has 1 saturated heterocycles. The predicted molar refractivity (Wildman–Crippen MR) is 146 cm³/mol. The van der Waals surface area contributed by atoms with Crippen molar-refractivity contribution in [3.63, 3.8) is 0 Å². The van der Waals surface area contributed by atoms with Gasteiger partial charge in [0.2, 0.25) is 0 Å². The van der Waals surface area contributed by atoms with Crippen LogP contribution in [0.15, 0.2) is 49.1 Å². The van der Waals surface area contributed by atoms with Crippen LogP contribution in [0.3, 0.4) is 0 Å². The number of rotatable bonds is 8. The molecular weight excluding hydrogens is 512 g/mol. The van der Waals surface area contributed by atoms with Gasteiger partial charge in [-0.3, -0.25) is 0 Å². The molecule has 0 radical (unpaired) electrons. The summed E-state index contributed by atoms with van der Waals surface area (Å²) in [7, 11) is 1.33. The Balaban J connectivity index is -0.000000461. The summed E-state index contributed by atoms with van der Waals surface area (Å²) in [4.78, 5) is 42.2. The molecular formula is C28H46O11. The molecule has 0 saturated carbocycles. The van der Waals surface area contributed by atoms with Gasteiger partial charge in [0, 0.05) is 22.8 Å². The third kappa shape index (κ3) is 26.1. The molecule has 1 N–H and O–H groups in total. The normalized spacial score (nSPS) is 14.7. The van der Waals surface area contributed by atoms with Crippen molar-refractivity contribution in [3.8, 4) is 0 Å². The van der Waals surface area contributed by atoms with Crippen LogP contribution in [0.2, 0.25) is 0 Å². The van der Waals surface area contributed by atoms with Crippen LogP contribution in [0.5, 0.6) is 0 Å². The number of methoxy groups -OCH3 is 1. The van der Waals surface area contributed by atoms with E-state index in [4.69, 9.17) is 24.1 Å². The van der Waals surface area contributed by atoms with Gasteiger partial charge in [-0.15, -0.1) is 0 Å². The summed E-state index contributed by atoms with van der Waals surface area (Å²) in [5.74, 6) is -2.13. The lowest BCUT2D eigenvalue weighted by Crippen LogP contribution is -2.25. The summed E-state index contributed by atoms with van der Waals surface area (Å²) in [6.45, 7) is 27.9. The van der Waals surface area contributed by atoms with Crippen molar-refractivity contribution in [1.29, 1.82) is 0 Å². The van der Waals surface area contributed by atoms with E-state index in [0.717, 1.165) is 6.08 Å². The Morgan fingerprint density at radius 3 is 1.67 bits per heavy atom. The molecule has 39 heavy (non-hydrogen) atoms. The first-order valence-electron chi connectivity index (χ1n) is 11.9. The molecule has 0 spiro atoms. The van der Waals surface area contributed by atoms with Gasteiger partial charge in [-0.05, 0) is 55.4 Å². The van der Waals surface area contributed by atoms with Gasteiger partial charge >= 0.3 is 23.9 Å². The topological polar surface area (TPSA) is 144 Å². The monoisotopic (exact) mass is 558 g/mol. The molecule has 0 aromatic rings. The van der Waals surface area contributed by atoms with E-state index in [2.05, 4.69) is 35.8 Å². The molecule has 1 atom stereocenters. The van der Waals surface area contributed by atoms with Crippen LogP contribution < -0.4 is 0 Å². The Morgan fingerprint density at radius 1 is 0.949 bits per heavy atom. The second-order valence-corrected chi connectivity index (χ2v) is 9.48. The Bertz CT molecular complexity index is 848. The lowest BCUT2D eigenvalue weighted by Gasteiger charge is -2.17. The number of hydrogen-bond donors (Lipinski definition) is 1. The number of carbonyl (C=O) groups is 4. The van der Waals surface area contributed by atoms with Crippen LogP contribution in [0.1, 0.15) is 55.4 Å². The summed E-state index contributed by atoms with van der Waals surface area (Å²) in [6, 6.07) is 0. The number of carbonyl (C=O) groups excluding carboxylic acids is 4. The van der Waals surface area contributed by atoms with Crippen LogP contribution >= 0.6 is 0 Å². The van der Waals surface area contributed by atoms with E-state index in [-0.39, 0.29) is 37.9 Å². The zero-order valence-corrected chi connectivity index (χ0v) is 24.8. The standard InChI is InChI=1S/C10H16O4.C7H12O2.C6H10O3.C5H8O2/c1-7(2)9(11)12-5-8-6-13-10(3,4)14-8;1-5-6(8)9-7(2,3)4;1-5(2)6(8)9-4-3-7;1-4(2)5(6)7-3/h8H,1,5-6H2,2-4H3;5H,1H2,2-4H3;7H,1,3-4H2,2H3;1H2,2-3H3. The number of hydrogen-bond acceptors (Lipinski definition) is 11. The Labute approximate surface area is 232 Å². The van der Waals surface area contributed by atoms with Crippen molar-refractivity contribution in [1.82, 2.24) is 0 Å². The first kappa shape index (κ1) is 40.2. The second-order valence-electron chi connectivity index (χ2n) is 9.48. The van der Waals surface area contributed by atoms with Gasteiger partial charge < -0.3 is 33.5 Å². The maximum absolute atomic E-state index is 11.0. The maximum Gasteiger partial charge on any atom is 0.333 e. The summed E-state index contributed by atoms with van der Waals surface area (Å²) in [5, 5.41) is 8.19. The smallest absolute Gasteiger partial charge is 0.333 e. The molecule has 0 aromatic carbocycles. The van der Waals surface area contributed by atoms with Gasteiger partial charge in [-0.25, -0.2) is 19.2 Å². The molecule has 1 fully saturated rings. The highest BCUT2D eigenvalue weighted by atomic mass is 16.7. The van der Waals surface area contributed by atoms with Crippen molar-refractivity contribution in [3.05, 3.63) is 49.1 Å². The first-order chi connectivity index (χ1) is 17.7. The molecule has 11 heteroatoms. The average molecular weight is 559 g/mol. The molecule has 1 aliphatic rings. The average Bonchev–Trinajstić information content (AvgIpc) is 3.18. The molecule has 0 aromatic heterocycles. The fraction of sp³-hybridized carbons (Fsp3) is 0.571. The van der Waals surface area contributed by atoms with Crippen LogP contribution in [-0.2, 0) is 47.6 Å². The number of ether oxygens (including phenoxy) is 6. The molecule has 0 amide bonds. The Morgan fingerprint density at radius 2 is 1.41 bits per heavy atom. The fourth-order valence-electron chi connectivity index (χ4n) is 1.92. The van der Waals surface area contributed by atoms with Crippen LogP contribution in [-0.4, -0.2) is 80.0 Å². The lowest BCUT2D eigenvalue weighted by atomic mass is 10.2. The van der Waals surface area contributed by atoms with Gasteiger partial charge in [0.25, 0.3) is 0 Å². The highest BCUT2D eigenvalue weighted by Crippen LogP contribution is 2.22. The summed E-state index contributed by atoms with van der Waals surface area (Å²) in [5.41, 5.74) is 0.778. The summed E-state index contributed by atoms with van der Waals surface area (Å²) < 4.78 is 29.3. The zero-order valence-electron chi connectivity index (χ0n) is 24.8. The van der Waals surface area contributed by atoms with Crippen molar-refractivity contribution >= 4 is 23.9 Å². The van der Waals surface area contributed by atoms with Gasteiger partial charge in [-0.2, -0.15) is 0 Å². The molecule has 1 aliphatic heterocycles. The zero-order chi connectivity index (χ0) is 31.4. The van der Waals surface area contributed by atoms with Gasteiger partial charge in [-0.1, -0.05) is 26.3 Å². The fourth-order valence-corrected chi connectivity index (χ4v) is 1.92. The van der Waals surface area contributed by atoms with E-state index in [1.165, 1.54) is 7.11 Å². The molecule has 224 valence electrons. The molecule has 1 unspecified atom stereocenters. The third-order valence-electron chi connectivity index (χ3n) is 3.60. The number of aliphatic hydroxyl groups is 1. The Kier molecular flexibility index (Phi) is 21.3. The van der Waals surface area contributed by atoms with Crippen molar-refractivity contribution < 1.29 is 52.7 Å². The largest absolute Gasteiger partial charge is 0.466 e. The molecule has 0 aliphatic carbocycles. The molecule has 11 nitrogen and oxygen atoms in total. The molecule has 1 heterocycles. The lowest BCUT2D eigenvalue weighted by molar-refractivity contribution is -0.155. The minimum absolute atomic E-state index is 0.0473. The van der Waals surface area contributed by atoms with E-state index in [9.17, 15) is 19.2 Å². The highest BCUT2D eigenvalue weighted by Gasteiger charge is 2.33. The summed E-state index contributed by atoms with van der Waals surface area (Å²) >= 11 is 0. The maximum atomic E-state index is 11.0. The quantitative estimate of drug-likeness (QED) is 0.265. The second kappa shape index (κ2) is 20.7. The predicted octanol–water partition coefficient (Wildman–Crippen LogP) is 3.60. The van der Waals surface area contributed by atoms with Crippen molar-refractivity contribution in [2.24, 2.45) is 0 Å². The van der Waals surface area contributed by atoms with Crippen LogP contribution in [0, 0.1) is 0 Å². The highest BCUT2D eigenvalue weighted by molar-refractivity contribution is 5.87. The van der Waals surface area contributed by atoms with Crippen molar-refractivity contribution in [2.75, 3.05) is 33.5 Å².